The first-order chi connectivity index (χ1) is 11.0. The summed E-state index contributed by atoms with van der Waals surface area (Å²) in [5.41, 5.74) is 1.10. The van der Waals surface area contributed by atoms with Crippen LogP contribution in [0.1, 0.15) is 0 Å². The molecule has 0 aliphatic heterocycles. The van der Waals surface area contributed by atoms with Crippen LogP contribution in [0.25, 0.3) is 22.7 Å². The molecule has 1 aromatic heterocycles. The van der Waals surface area contributed by atoms with Crippen molar-refractivity contribution in [3.8, 4) is 22.7 Å². The summed E-state index contributed by atoms with van der Waals surface area (Å²) in [5, 5.41) is 10.7. The van der Waals surface area contributed by atoms with Crippen molar-refractivity contribution in [2.45, 2.75) is 0 Å². The van der Waals surface area contributed by atoms with Crippen molar-refractivity contribution in [2.75, 3.05) is 0 Å². The van der Waals surface area contributed by atoms with Crippen LogP contribution in [0.5, 0.6) is 0 Å². The minimum atomic E-state index is -0.536. The third kappa shape index (κ3) is 3.35. The Hall–Kier alpha value is -2.80. The molecule has 0 bridgehead atoms. The summed E-state index contributed by atoms with van der Waals surface area (Å²) in [6.07, 6.45) is 0. The van der Waals surface area contributed by atoms with E-state index in [1.807, 2.05) is 12.1 Å². The van der Waals surface area contributed by atoms with Gasteiger partial charge in [0.2, 0.25) is 5.89 Å². The van der Waals surface area contributed by atoms with Crippen molar-refractivity contribution in [1.82, 2.24) is 4.98 Å². The van der Waals surface area contributed by atoms with Gasteiger partial charge in [0.25, 0.3) is 5.69 Å². The molecule has 3 aromatic rings. The van der Waals surface area contributed by atoms with Gasteiger partial charge in [0.05, 0.1) is 16.7 Å². The maximum absolute atomic E-state index is 11.8. The summed E-state index contributed by atoms with van der Waals surface area (Å²) in [4.78, 5) is 26.3. The van der Waals surface area contributed by atoms with Crippen LogP contribution < -0.4 is 5.63 Å². The summed E-state index contributed by atoms with van der Waals surface area (Å²) >= 11 is 3.33. The monoisotopic (exact) mass is 372 g/mol. The quantitative estimate of drug-likeness (QED) is 0.511. The van der Waals surface area contributed by atoms with Crippen LogP contribution in [0.4, 0.5) is 5.69 Å². The van der Waals surface area contributed by atoms with Crippen LogP contribution in [0.2, 0.25) is 0 Å². The van der Waals surface area contributed by atoms with Gasteiger partial charge in [-0.15, -0.1) is 0 Å². The zero-order valence-electron chi connectivity index (χ0n) is 11.6. The van der Waals surface area contributed by atoms with E-state index in [0.29, 0.717) is 16.8 Å². The molecule has 7 heteroatoms. The highest BCUT2D eigenvalue weighted by Gasteiger charge is 2.10. The number of nitro benzene ring substituents is 1. The standard InChI is InChI=1S/C16H9BrN2O4/c17-12-5-1-11(2-6-12)16-18-14(9-15(20)23-16)10-3-7-13(8-4-10)19(21)22/h1-9H. The van der Waals surface area contributed by atoms with E-state index in [9.17, 15) is 14.9 Å². The number of non-ortho nitro benzene ring substituents is 1. The SMILES string of the molecule is O=c1cc(-c2ccc([N+](=O)[O-])cc2)nc(-c2ccc(Br)cc2)o1. The van der Waals surface area contributed by atoms with E-state index in [1.165, 1.54) is 18.2 Å². The molecule has 0 saturated carbocycles. The molecule has 0 atom stereocenters. The molecule has 0 unspecified atom stereocenters. The Morgan fingerprint density at radius 1 is 1.00 bits per heavy atom. The molecule has 0 fully saturated rings. The van der Waals surface area contributed by atoms with Crippen LogP contribution in [-0.4, -0.2) is 9.91 Å². The first kappa shape index (κ1) is 15.1. The van der Waals surface area contributed by atoms with E-state index in [2.05, 4.69) is 20.9 Å². The molecule has 0 saturated heterocycles. The van der Waals surface area contributed by atoms with E-state index < -0.39 is 10.5 Å². The normalized spacial score (nSPS) is 10.5. The Morgan fingerprint density at radius 2 is 1.61 bits per heavy atom. The first-order valence-corrected chi connectivity index (χ1v) is 7.35. The summed E-state index contributed by atoms with van der Waals surface area (Å²) in [7, 11) is 0. The molecule has 1 heterocycles. The largest absolute Gasteiger partial charge is 0.404 e. The lowest BCUT2D eigenvalue weighted by molar-refractivity contribution is -0.384. The van der Waals surface area contributed by atoms with E-state index in [0.717, 1.165) is 4.47 Å². The van der Waals surface area contributed by atoms with E-state index in [1.54, 1.807) is 24.3 Å². The van der Waals surface area contributed by atoms with Crippen molar-refractivity contribution in [3.63, 3.8) is 0 Å². The number of benzene rings is 2. The van der Waals surface area contributed by atoms with E-state index in [4.69, 9.17) is 4.42 Å². The number of rotatable bonds is 3. The lowest BCUT2D eigenvalue weighted by Gasteiger charge is -2.03. The van der Waals surface area contributed by atoms with Crippen LogP contribution in [-0.2, 0) is 0 Å². The minimum absolute atomic E-state index is 0.0233. The summed E-state index contributed by atoms with van der Waals surface area (Å²) in [6.45, 7) is 0. The number of nitro groups is 1. The Labute approximate surface area is 138 Å². The Balaban J connectivity index is 2.05. The molecule has 6 nitrogen and oxygen atoms in total. The third-order valence-corrected chi connectivity index (χ3v) is 3.67. The molecule has 114 valence electrons. The highest BCUT2D eigenvalue weighted by Crippen LogP contribution is 2.24. The van der Waals surface area contributed by atoms with Gasteiger partial charge in [-0.25, -0.2) is 9.78 Å². The molecule has 3 rings (SSSR count). The maximum Gasteiger partial charge on any atom is 0.339 e. The molecule has 0 spiro atoms. The van der Waals surface area contributed by atoms with Gasteiger partial charge in [0.1, 0.15) is 0 Å². The molecule has 0 aliphatic rings. The summed E-state index contributed by atoms with van der Waals surface area (Å²) in [5.74, 6) is 0.193. The zero-order valence-corrected chi connectivity index (χ0v) is 13.2. The van der Waals surface area contributed by atoms with E-state index in [-0.39, 0.29) is 11.6 Å². The second-order valence-corrected chi connectivity index (χ2v) is 5.59. The fourth-order valence-corrected chi connectivity index (χ4v) is 2.28. The van der Waals surface area contributed by atoms with Crippen LogP contribution in [0, 0.1) is 10.1 Å². The molecule has 0 N–H and O–H groups in total. The molecule has 0 aliphatic carbocycles. The maximum atomic E-state index is 11.8. The number of hydrogen-bond donors (Lipinski definition) is 0. The second kappa shape index (κ2) is 6.13. The van der Waals surface area contributed by atoms with Crippen molar-refractivity contribution in [3.05, 3.63) is 79.6 Å². The van der Waals surface area contributed by atoms with Crippen molar-refractivity contribution in [2.24, 2.45) is 0 Å². The smallest absolute Gasteiger partial charge is 0.339 e. The van der Waals surface area contributed by atoms with Gasteiger partial charge in [0, 0.05) is 27.7 Å². The van der Waals surface area contributed by atoms with Crippen molar-refractivity contribution >= 4 is 21.6 Å². The summed E-state index contributed by atoms with van der Waals surface area (Å²) < 4.78 is 6.04. The third-order valence-electron chi connectivity index (χ3n) is 3.14. The number of aromatic nitrogens is 1. The zero-order chi connectivity index (χ0) is 16.4. The highest BCUT2D eigenvalue weighted by molar-refractivity contribution is 9.10. The Morgan fingerprint density at radius 3 is 2.22 bits per heavy atom. The average molecular weight is 373 g/mol. The molecule has 2 aromatic carbocycles. The predicted octanol–water partition coefficient (Wildman–Crippen LogP) is 4.04. The second-order valence-electron chi connectivity index (χ2n) is 4.68. The van der Waals surface area contributed by atoms with Crippen molar-refractivity contribution in [1.29, 1.82) is 0 Å². The topological polar surface area (TPSA) is 86.2 Å². The van der Waals surface area contributed by atoms with Crippen LogP contribution in [0.15, 0.2) is 68.3 Å². The van der Waals surface area contributed by atoms with Gasteiger partial charge in [-0.1, -0.05) is 15.9 Å². The molecule has 0 radical (unpaired) electrons. The van der Waals surface area contributed by atoms with Crippen LogP contribution in [0.3, 0.4) is 0 Å². The summed E-state index contributed by atoms with van der Waals surface area (Å²) in [6, 6.07) is 14.3. The predicted molar refractivity (Wildman–Crippen MR) is 88.0 cm³/mol. The van der Waals surface area contributed by atoms with Crippen LogP contribution >= 0.6 is 15.9 Å². The minimum Gasteiger partial charge on any atom is -0.404 e. The van der Waals surface area contributed by atoms with Gasteiger partial charge in [-0.05, 0) is 36.4 Å². The lowest BCUT2D eigenvalue weighted by atomic mass is 10.1. The van der Waals surface area contributed by atoms with Gasteiger partial charge in [-0.3, -0.25) is 10.1 Å². The fourth-order valence-electron chi connectivity index (χ4n) is 2.02. The van der Waals surface area contributed by atoms with Gasteiger partial charge in [0.15, 0.2) is 0 Å². The number of halogens is 1. The molecule has 0 amide bonds. The number of nitrogens with zero attached hydrogens (tertiary/aromatic N) is 2. The number of hydrogen-bond acceptors (Lipinski definition) is 5. The fraction of sp³-hybridized carbons (Fsp3) is 0. The first-order valence-electron chi connectivity index (χ1n) is 6.56. The van der Waals surface area contributed by atoms with Gasteiger partial charge < -0.3 is 4.42 Å². The van der Waals surface area contributed by atoms with E-state index >= 15 is 0 Å². The molecule has 23 heavy (non-hydrogen) atoms. The van der Waals surface area contributed by atoms with Gasteiger partial charge in [-0.2, -0.15) is 0 Å². The average Bonchev–Trinajstić information content (AvgIpc) is 2.55. The molecular formula is C16H9BrN2O4. The lowest BCUT2D eigenvalue weighted by Crippen LogP contribution is -2.02. The highest BCUT2D eigenvalue weighted by atomic mass is 79.9. The Bertz CT molecular complexity index is 918. The van der Waals surface area contributed by atoms with Gasteiger partial charge >= 0.3 is 5.63 Å². The van der Waals surface area contributed by atoms with Crippen molar-refractivity contribution < 1.29 is 9.34 Å². The molecular weight excluding hydrogens is 364 g/mol. The Kier molecular flexibility index (Phi) is 4.03.